The normalized spacial score (nSPS) is 11.3. The van der Waals surface area contributed by atoms with Crippen LogP contribution >= 0.6 is 11.3 Å². The monoisotopic (exact) mass is 305 g/mol. The second-order valence-electron chi connectivity index (χ2n) is 4.67. The third-order valence-corrected chi connectivity index (χ3v) is 4.00. The molecule has 110 valence electrons. The quantitative estimate of drug-likeness (QED) is 0.784. The molecule has 0 fully saturated rings. The van der Waals surface area contributed by atoms with Gasteiger partial charge in [-0.15, -0.1) is 11.3 Å². The van der Waals surface area contributed by atoms with Crippen molar-refractivity contribution in [2.24, 2.45) is 0 Å². The molecule has 7 heteroatoms. The molecule has 3 heterocycles. The van der Waals surface area contributed by atoms with Crippen molar-refractivity contribution in [2.75, 3.05) is 7.11 Å². The van der Waals surface area contributed by atoms with Gasteiger partial charge in [-0.1, -0.05) is 6.92 Å². The molecule has 0 unspecified atom stereocenters. The summed E-state index contributed by atoms with van der Waals surface area (Å²) in [5.41, 5.74) is 1.23. The number of rotatable bonds is 5. The lowest BCUT2D eigenvalue weighted by Gasteiger charge is -1.98. The van der Waals surface area contributed by atoms with E-state index in [1.165, 1.54) is 17.6 Å². The van der Waals surface area contributed by atoms with Gasteiger partial charge in [0.2, 0.25) is 0 Å². The molecule has 21 heavy (non-hydrogen) atoms. The number of ether oxygens (including phenoxy) is 1. The highest BCUT2D eigenvalue weighted by molar-refractivity contribution is 7.16. The third-order valence-electron chi connectivity index (χ3n) is 3.08. The number of methoxy groups -OCH3 is 1. The summed E-state index contributed by atoms with van der Waals surface area (Å²) in [5, 5.41) is 2.48. The zero-order valence-electron chi connectivity index (χ0n) is 11.8. The van der Waals surface area contributed by atoms with Crippen LogP contribution in [-0.4, -0.2) is 22.1 Å². The Bertz CT molecular complexity index is 818. The lowest BCUT2D eigenvalue weighted by Crippen LogP contribution is -2.10. The third kappa shape index (κ3) is 2.62. The topological polar surface area (TPSA) is 81.0 Å². The minimum atomic E-state index is -0.177. The number of oxazole rings is 1. The van der Waals surface area contributed by atoms with E-state index in [0.717, 1.165) is 18.4 Å². The van der Waals surface area contributed by atoms with Crippen molar-refractivity contribution in [3.8, 4) is 11.5 Å². The molecular formula is C14H15N3O3S. The van der Waals surface area contributed by atoms with Gasteiger partial charge >= 0.3 is 0 Å². The van der Waals surface area contributed by atoms with Gasteiger partial charge in [0.05, 0.1) is 12.0 Å². The van der Waals surface area contributed by atoms with Crippen LogP contribution in [0.4, 0.5) is 0 Å². The number of nitrogens with zero attached hydrogens (tertiary/aromatic N) is 2. The van der Waals surface area contributed by atoms with E-state index in [1.54, 1.807) is 7.11 Å². The fourth-order valence-corrected chi connectivity index (χ4v) is 3.06. The van der Waals surface area contributed by atoms with Gasteiger partial charge in [-0.2, -0.15) is 0 Å². The number of aromatic nitrogens is 3. The van der Waals surface area contributed by atoms with Crippen LogP contribution in [0.1, 0.15) is 24.8 Å². The van der Waals surface area contributed by atoms with Crippen molar-refractivity contribution in [1.82, 2.24) is 15.0 Å². The first-order chi connectivity index (χ1) is 10.2. The molecule has 0 amide bonds. The van der Waals surface area contributed by atoms with Crippen LogP contribution < -0.4 is 5.56 Å². The van der Waals surface area contributed by atoms with Crippen LogP contribution in [0, 0.1) is 0 Å². The largest absolute Gasteiger partial charge is 0.448 e. The van der Waals surface area contributed by atoms with Crippen molar-refractivity contribution in [3.63, 3.8) is 0 Å². The Labute approximate surface area is 124 Å². The van der Waals surface area contributed by atoms with E-state index < -0.39 is 0 Å². The Morgan fingerprint density at radius 1 is 1.43 bits per heavy atom. The number of aryl methyl sites for hydroxylation is 1. The average molecular weight is 305 g/mol. The Hall–Kier alpha value is -1.99. The molecule has 3 rings (SSSR count). The van der Waals surface area contributed by atoms with E-state index >= 15 is 0 Å². The Kier molecular flexibility index (Phi) is 3.85. The highest BCUT2D eigenvalue weighted by atomic mass is 32.1. The molecule has 0 aromatic carbocycles. The Balaban J connectivity index is 2.06. The fraction of sp³-hybridized carbons (Fsp3) is 0.357. The zero-order chi connectivity index (χ0) is 14.8. The summed E-state index contributed by atoms with van der Waals surface area (Å²) in [6, 6.07) is 0. The molecular weight excluding hydrogens is 290 g/mol. The van der Waals surface area contributed by atoms with E-state index in [9.17, 15) is 4.79 Å². The molecule has 0 aliphatic carbocycles. The average Bonchev–Trinajstić information content (AvgIpc) is 3.07. The molecule has 0 aliphatic heterocycles. The second kappa shape index (κ2) is 5.79. The summed E-state index contributed by atoms with van der Waals surface area (Å²) in [7, 11) is 1.60. The van der Waals surface area contributed by atoms with E-state index in [-0.39, 0.29) is 5.56 Å². The van der Waals surface area contributed by atoms with Crippen molar-refractivity contribution >= 4 is 21.6 Å². The molecule has 0 radical (unpaired) electrons. The standard InChI is InChI=1S/C14H15N3O3S/c1-3-4-10-15-9(6-20-10)12-16-13(18)11-8(5-19-2)7-21-14(11)17-12/h6-7H,3-5H2,1-2H3,(H,16,17,18). The van der Waals surface area contributed by atoms with Crippen molar-refractivity contribution in [1.29, 1.82) is 0 Å². The molecule has 0 spiro atoms. The van der Waals surface area contributed by atoms with Crippen LogP contribution in [0.15, 0.2) is 20.9 Å². The lowest BCUT2D eigenvalue weighted by atomic mass is 10.2. The predicted octanol–water partition coefficient (Wildman–Crippen LogP) is 2.74. The van der Waals surface area contributed by atoms with Crippen molar-refractivity contribution in [2.45, 2.75) is 26.4 Å². The number of fused-ring (bicyclic) bond motifs is 1. The SMILES string of the molecule is CCCc1nc(-c2nc3scc(COC)c3c(=O)[nH]2)co1. The maximum atomic E-state index is 12.3. The summed E-state index contributed by atoms with van der Waals surface area (Å²) >= 11 is 1.42. The second-order valence-corrected chi connectivity index (χ2v) is 5.52. The van der Waals surface area contributed by atoms with Gasteiger partial charge in [0, 0.05) is 19.1 Å². The van der Waals surface area contributed by atoms with Crippen molar-refractivity contribution in [3.05, 3.63) is 33.5 Å². The molecule has 0 saturated heterocycles. The van der Waals surface area contributed by atoms with Gasteiger partial charge in [0.15, 0.2) is 11.7 Å². The van der Waals surface area contributed by atoms with Gasteiger partial charge in [-0.05, 0) is 11.8 Å². The first-order valence-electron chi connectivity index (χ1n) is 6.67. The van der Waals surface area contributed by atoms with Gasteiger partial charge < -0.3 is 14.1 Å². The highest BCUT2D eigenvalue weighted by Gasteiger charge is 2.14. The maximum absolute atomic E-state index is 12.3. The number of nitrogens with one attached hydrogen (secondary N) is 1. The zero-order valence-corrected chi connectivity index (χ0v) is 12.6. The van der Waals surface area contributed by atoms with Crippen LogP contribution in [0.3, 0.4) is 0 Å². The molecule has 0 atom stereocenters. The van der Waals surface area contributed by atoms with E-state index in [2.05, 4.69) is 21.9 Å². The number of thiophene rings is 1. The van der Waals surface area contributed by atoms with Crippen LogP contribution in [0.2, 0.25) is 0 Å². The maximum Gasteiger partial charge on any atom is 0.260 e. The summed E-state index contributed by atoms with van der Waals surface area (Å²) in [4.78, 5) is 24.5. The number of H-pyrrole nitrogens is 1. The first kappa shape index (κ1) is 14.0. The van der Waals surface area contributed by atoms with Gasteiger partial charge in [-0.3, -0.25) is 4.79 Å². The first-order valence-corrected chi connectivity index (χ1v) is 7.55. The molecule has 3 aromatic rings. The minimum Gasteiger partial charge on any atom is -0.448 e. The molecule has 3 aromatic heterocycles. The van der Waals surface area contributed by atoms with Crippen LogP contribution in [-0.2, 0) is 17.8 Å². The van der Waals surface area contributed by atoms with E-state index in [4.69, 9.17) is 9.15 Å². The Morgan fingerprint density at radius 2 is 2.29 bits per heavy atom. The van der Waals surface area contributed by atoms with Crippen LogP contribution in [0.25, 0.3) is 21.7 Å². The highest BCUT2D eigenvalue weighted by Crippen LogP contribution is 2.24. The van der Waals surface area contributed by atoms with Gasteiger partial charge in [-0.25, -0.2) is 9.97 Å². The van der Waals surface area contributed by atoms with Crippen LogP contribution in [0.5, 0.6) is 0 Å². The number of aromatic amines is 1. The summed E-state index contributed by atoms with van der Waals surface area (Å²) in [6.07, 6.45) is 3.25. The summed E-state index contributed by atoms with van der Waals surface area (Å²) in [6.45, 7) is 2.45. The molecule has 0 bridgehead atoms. The number of hydrogen-bond acceptors (Lipinski definition) is 6. The molecule has 6 nitrogen and oxygen atoms in total. The predicted molar refractivity (Wildman–Crippen MR) is 80.4 cm³/mol. The van der Waals surface area contributed by atoms with Crippen molar-refractivity contribution < 1.29 is 9.15 Å². The molecule has 1 N–H and O–H groups in total. The lowest BCUT2D eigenvalue weighted by molar-refractivity contribution is 0.186. The van der Waals surface area contributed by atoms with E-state index in [0.29, 0.717) is 34.2 Å². The number of hydrogen-bond donors (Lipinski definition) is 1. The summed E-state index contributed by atoms with van der Waals surface area (Å²) < 4.78 is 10.5. The van der Waals surface area contributed by atoms with Gasteiger partial charge in [0.1, 0.15) is 16.8 Å². The fourth-order valence-electron chi connectivity index (χ4n) is 2.14. The molecule has 0 aliphatic rings. The Morgan fingerprint density at radius 3 is 3.05 bits per heavy atom. The summed E-state index contributed by atoms with van der Waals surface area (Å²) in [5.74, 6) is 1.09. The van der Waals surface area contributed by atoms with Gasteiger partial charge in [0.25, 0.3) is 5.56 Å². The van der Waals surface area contributed by atoms with E-state index in [1.807, 2.05) is 5.38 Å². The minimum absolute atomic E-state index is 0.177. The molecule has 0 saturated carbocycles. The smallest absolute Gasteiger partial charge is 0.260 e.